The molecule has 0 spiro atoms. The van der Waals surface area contributed by atoms with Gasteiger partial charge in [0.05, 0.1) is 18.9 Å². The van der Waals surface area contributed by atoms with Gasteiger partial charge in [0, 0.05) is 24.7 Å². The maximum Gasteiger partial charge on any atom is 0.328 e. The number of benzene rings is 2. The number of phenolic OH excluding ortho intramolecular Hbond substituents is 1. The van der Waals surface area contributed by atoms with Crippen molar-refractivity contribution < 1.29 is 39.5 Å². The highest BCUT2D eigenvalue weighted by atomic mass is 16.5. The number of hydrogen-bond acceptors (Lipinski definition) is 7. The lowest BCUT2D eigenvalue weighted by Crippen LogP contribution is -2.24. The molecule has 0 radical (unpaired) electrons. The van der Waals surface area contributed by atoms with Crippen LogP contribution in [0, 0.1) is 0 Å². The lowest BCUT2D eigenvalue weighted by molar-refractivity contribution is -0.134. The van der Waals surface area contributed by atoms with Crippen molar-refractivity contribution in [2.75, 3.05) is 19.0 Å². The standard InChI is InChI=1S/C18H22N2O4.C4H4O4/c1-12(13-3-6-15(24-2)7-4-13)19-10-18(23)14-5-8-17(22)16(9-14)20-11-21;5-3(6)1-2-4(7)8/h3-9,11-12,18-19,22-23H,10H2,1-2H3,(H,20,21);1-2H,(H,5,6)(H,7,8)/b;2-1+/t12-,18-;/m0./s1. The highest BCUT2D eigenvalue weighted by Crippen LogP contribution is 2.27. The minimum atomic E-state index is -1.26. The smallest absolute Gasteiger partial charge is 0.328 e. The highest BCUT2D eigenvalue weighted by molar-refractivity contribution is 5.89. The minimum absolute atomic E-state index is 0.0439. The van der Waals surface area contributed by atoms with Gasteiger partial charge in [0.15, 0.2) is 0 Å². The molecule has 2 atom stereocenters. The van der Waals surface area contributed by atoms with Crippen LogP contribution in [0.5, 0.6) is 11.5 Å². The second-order valence-corrected chi connectivity index (χ2v) is 6.47. The first-order valence-electron chi connectivity index (χ1n) is 9.40. The van der Waals surface area contributed by atoms with E-state index in [0.29, 0.717) is 30.7 Å². The zero-order valence-corrected chi connectivity index (χ0v) is 17.6. The van der Waals surface area contributed by atoms with E-state index >= 15 is 0 Å². The number of phenols is 1. The van der Waals surface area contributed by atoms with Gasteiger partial charge in [-0.15, -0.1) is 0 Å². The van der Waals surface area contributed by atoms with Gasteiger partial charge < -0.3 is 35.8 Å². The number of aliphatic hydroxyl groups is 1. The maximum absolute atomic E-state index is 10.5. The van der Waals surface area contributed by atoms with E-state index in [2.05, 4.69) is 10.6 Å². The molecule has 10 nitrogen and oxygen atoms in total. The molecule has 6 N–H and O–H groups in total. The van der Waals surface area contributed by atoms with Crippen LogP contribution in [0.1, 0.15) is 30.2 Å². The number of rotatable bonds is 10. The van der Waals surface area contributed by atoms with Crippen LogP contribution in [0.4, 0.5) is 5.69 Å². The Labute approximate surface area is 184 Å². The van der Waals surface area contributed by atoms with E-state index < -0.39 is 18.0 Å². The van der Waals surface area contributed by atoms with Crippen molar-refractivity contribution in [1.29, 1.82) is 0 Å². The number of carboxylic acids is 2. The van der Waals surface area contributed by atoms with Gasteiger partial charge in [-0.1, -0.05) is 18.2 Å². The number of ether oxygens (including phenoxy) is 1. The number of aromatic hydroxyl groups is 1. The third kappa shape index (κ3) is 9.28. The van der Waals surface area contributed by atoms with E-state index in [1.54, 1.807) is 19.2 Å². The normalized spacial score (nSPS) is 12.2. The molecule has 0 aliphatic heterocycles. The summed E-state index contributed by atoms with van der Waals surface area (Å²) in [5, 5.41) is 41.2. The van der Waals surface area contributed by atoms with Crippen molar-refractivity contribution in [3.63, 3.8) is 0 Å². The summed E-state index contributed by atoms with van der Waals surface area (Å²) in [6, 6.07) is 12.4. The number of anilines is 1. The molecule has 2 rings (SSSR count). The molecule has 10 heteroatoms. The second-order valence-electron chi connectivity index (χ2n) is 6.47. The van der Waals surface area contributed by atoms with Crippen LogP contribution in [-0.4, -0.2) is 52.4 Å². The zero-order valence-electron chi connectivity index (χ0n) is 17.6. The van der Waals surface area contributed by atoms with E-state index in [1.165, 1.54) is 6.07 Å². The zero-order chi connectivity index (χ0) is 24.1. The van der Waals surface area contributed by atoms with Crippen molar-refractivity contribution in [3.8, 4) is 11.5 Å². The van der Waals surface area contributed by atoms with Crippen molar-refractivity contribution in [2.45, 2.75) is 19.1 Å². The predicted octanol–water partition coefficient (Wildman–Crippen LogP) is 2.07. The third-order valence-electron chi connectivity index (χ3n) is 4.22. The van der Waals surface area contributed by atoms with Gasteiger partial charge in [-0.3, -0.25) is 4.79 Å². The van der Waals surface area contributed by atoms with Gasteiger partial charge in [-0.2, -0.15) is 0 Å². The lowest BCUT2D eigenvalue weighted by Gasteiger charge is -2.18. The SMILES string of the molecule is COc1ccc([C@H](C)NC[C@H](O)c2ccc(O)c(NC=O)c2)cc1.O=C(O)/C=C/C(=O)O. The Morgan fingerprint density at radius 2 is 1.59 bits per heavy atom. The lowest BCUT2D eigenvalue weighted by atomic mass is 10.1. The van der Waals surface area contributed by atoms with Gasteiger partial charge in [-0.25, -0.2) is 9.59 Å². The Morgan fingerprint density at radius 1 is 1.03 bits per heavy atom. The molecule has 2 aromatic carbocycles. The van der Waals surface area contributed by atoms with Crippen LogP contribution in [0.3, 0.4) is 0 Å². The van der Waals surface area contributed by atoms with E-state index in [-0.39, 0.29) is 17.5 Å². The molecule has 0 aromatic heterocycles. The van der Waals surface area contributed by atoms with E-state index in [0.717, 1.165) is 11.3 Å². The molecule has 2 aromatic rings. The van der Waals surface area contributed by atoms with Gasteiger partial charge >= 0.3 is 11.9 Å². The summed E-state index contributed by atoms with van der Waals surface area (Å²) in [5.74, 6) is -1.76. The summed E-state index contributed by atoms with van der Waals surface area (Å²) >= 11 is 0. The van der Waals surface area contributed by atoms with E-state index in [9.17, 15) is 24.6 Å². The largest absolute Gasteiger partial charge is 0.506 e. The average molecular weight is 446 g/mol. The molecule has 0 aliphatic rings. The monoisotopic (exact) mass is 446 g/mol. The Balaban J connectivity index is 0.000000547. The summed E-state index contributed by atoms with van der Waals surface area (Å²) in [6.07, 6.45) is 0.832. The summed E-state index contributed by atoms with van der Waals surface area (Å²) in [6.45, 7) is 2.34. The number of carboxylic acid groups (broad SMARTS) is 2. The third-order valence-corrected chi connectivity index (χ3v) is 4.22. The summed E-state index contributed by atoms with van der Waals surface area (Å²) in [5.41, 5.74) is 1.95. The first-order valence-corrected chi connectivity index (χ1v) is 9.40. The Morgan fingerprint density at radius 3 is 2.09 bits per heavy atom. The Hall–Kier alpha value is -3.89. The fourth-order valence-corrected chi connectivity index (χ4v) is 2.50. The van der Waals surface area contributed by atoms with Gasteiger partial charge in [0.25, 0.3) is 0 Å². The first-order chi connectivity index (χ1) is 15.2. The average Bonchev–Trinajstić information content (AvgIpc) is 2.78. The number of aliphatic hydroxyl groups excluding tert-OH is 1. The van der Waals surface area contributed by atoms with Gasteiger partial charge in [-0.05, 0) is 42.3 Å². The van der Waals surface area contributed by atoms with E-state index in [1.807, 2.05) is 31.2 Å². The number of carbonyl (C=O) groups excluding carboxylic acids is 1. The molecule has 0 saturated carbocycles. The van der Waals surface area contributed by atoms with Crippen LogP contribution in [-0.2, 0) is 14.4 Å². The van der Waals surface area contributed by atoms with Crippen LogP contribution >= 0.6 is 0 Å². The second kappa shape index (κ2) is 13.4. The number of amides is 1. The van der Waals surface area contributed by atoms with Crippen LogP contribution < -0.4 is 15.4 Å². The highest BCUT2D eigenvalue weighted by Gasteiger charge is 2.13. The number of aliphatic carboxylic acids is 2. The Kier molecular flexibility index (Phi) is 11.0. The van der Waals surface area contributed by atoms with Crippen LogP contribution in [0.15, 0.2) is 54.6 Å². The molecule has 0 saturated heterocycles. The van der Waals surface area contributed by atoms with Gasteiger partial charge in [0.2, 0.25) is 6.41 Å². The summed E-state index contributed by atoms with van der Waals surface area (Å²) in [7, 11) is 1.62. The molecular weight excluding hydrogens is 420 g/mol. The van der Waals surface area contributed by atoms with Gasteiger partial charge in [0.1, 0.15) is 11.5 Å². The maximum atomic E-state index is 10.5. The van der Waals surface area contributed by atoms with Crippen LogP contribution in [0.25, 0.3) is 0 Å². The predicted molar refractivity (Wildman–Crippen MR) is 117 cm³/mol. The quantitative estimate of drug-likeness (QED) is 0.182. The molecule has 1 amide bonds. The molecule has 172 valence electrons. The van der Waals surface area contributed by atoms with Crippen molar-refractivity contribution in [1.82, 2.24) is 5.32 Å². The minimum Gasteiger partial charge on any atom is -0.506 e. The fraction of sp³-hybridized carbons (Fsp3) is 0.227. The molecule has 32 heavy (non-hydrogen) atoms. The number of methoxy groups -OCH3 is 1. The van der Waals surface area contributed by atoms with Crippen molar-refractivity contribution in [2.24, 2.45) is 0 Å². The number of nitrogens with one attached hydrogen (secondary N) is 2. The number of hydrogen-bond donors (Lipinski definition) is 6. The molecular formula is C22H26N2O8. The molecule has 0 unspecified atom stereocenters. The molecule has 0 fully saturated rings. The van der Waals surface area contributed by atoms with E-state index in [4.69, 9.17) is 14.9 Å². The Bertz CT molecular complexity index is 912. The first kappa shape index (κ1) is 26.1. The summed E-state index contributed by atoms with van der Waals surface area (Å²) in [4.78, 5) is 29.6. The number of carbonyl (C=O) groups is 3. The topological polar surface area (TPSA) is 165 Å². The molecule has 0 bridgehead atoms. The van der Waals surface area contributed by atoms with Crippen LogP contribution in [0.2, 0.25) is 0 Å². The molecule has 0 aliphatic carbocycles. The fourth-order valence-electron chi connectivity index (χ4n) is 2.50. The van der Waals surface area contributed by atoms with Crippen molar-refractivity contribution >= 4 is 24.0 Å². The molecule has 0 heterocycles. The van der Waals surface area contributed by atoms with Crippen molar-refractivity contribution in [3.05, 3.63) is 65.7 Å². The summed E-state index contributed by atoms with van der Waals surface area (Å²) < 4.78 is 5.13.